The minimum atomic E-state index is -0.0765. The molecular formula is C19H24N4O. The quantitative estimate of drug-likeness (QED) is 0.556. The van der Waals surface area contributed by atoms with E-state index in [-0.39, 0.29) is 11.0 Å². The number of anilines is 1. The minimum absolute atomic E-state index is 0.0404. The van der Waals surface area contributed by atoms with Crippen LogP contribution in [0, 0.1) is 13.8 Å². The van der Waals surface area contributed by atoms with Crippen LogP contribution in [0.3, 0.4) is 0 Å². The van der Waals surface area contributed by atoms with Crippen LogP contribution in [0.25, 0.3) is 11.3 Å². The molecule has 5 nitrogen and oxygen atoms in total. The fraction of sp³-hybridized carbons (Fsp3) is 0.474. The van der Waals surface area contributed by atoms with Crippen molar-refractivity contribution in [3.05, 3.63) is 44.7 Å². The number of aryl methyl sites for hydroxylation is 2. The summed E-state index contributed by atoms with van der Waals surface area (Å²) in [6.07, 6.45) is 6.68. The average molecular weight is 324 g/mol. The second-order valence-electron chi connectivity index (χ2n) is 7.35. The summed E-state index contributed by atoms with van der Waals surface area (Å²) < 4.78 is 0. The molecule has 0 amide bonds. The summed E-state index contributed by atoms with van der Waals surface area (Å²) >= 11 is 0. The zero-order valence-corrected chi connectivity index (χ0v) is 14.3. The maximum atomic E-state index is 12.9. The molecule has 126 valence electrons. The maximum absolute atomic E-state index is 12.9. The van der Waals surface area contributed by atoms with E-state index in [2.05, 4.69) is 36.4 Å². The molecule has 0 bridgehead atoms. The lowest BCUT2D eigenvalue weighted by Crippen LogP contribution is -2.41. The molecule has 24 heavy (non-hydrogen) atoms. The summed E-state index contributed by atoms with van der Waals surface area (Å²) in [5, 5.41) is 0. The lowest BCUT2D eigenvalue weighted by Gasteiger charge is -2.42. The number of hydrogen-bond donors (Lipinski definition) is 3. The number of nitrogens with zero attached hydrogens (tertiary/aromatic N) is 1. The number of hydrogen-bond acceptors (Lipinski definition) is 4. The van der Waals surface area contributed by atoms with Crippen LogP contribution in [-0.2, 0) is 11.8 Å². The van der Waals surface area contributed by atoms with Gasteiger partial charge in [0.05, 0.1) is 11.3 Å². The first kappa shape index (κ1) is 15.4. The summed E-state index contributed by atoms with van der Waals surface area (Å²) in [6, 6.07) is 4.31. The van der Waals surface area contributed by atoms with Crippen LogP contribution >= 0.6 is 0 Å². The highest BCUT2D eigenvalue weighted by Crippen LogP contribution is 2.50. The molecule has 0 saturated heterocycles. The second-order valence-corrected chi connectivity index (χ2v) is 7.35. The molecule has 0 unspecified atom stereocenters. The van der Waals surface area contributed by atoms with Crippen molar-refractivity contribution >= 4 is 5.95 Å². The highest BCUT2D eigenvalue weighted by molar-refractivity contribution is 5.76. The number of nitrogens with two attached hydrogens (primary N) is 1. The normalized spacial score (nSPS) is 18.1. The first-order valence-electron chi connectivity index (χ1n) is 8.76. The molecule has 1 spiro atoms. The van der Waals surface area contributed by atoms with Crippen molar-refractivity contribution in [2.45, 2.75) is 57.8 Å². The van der Waals surface area contributed by atoms with Gasteiger partial charge in [0.2, 0.25) is 5.95 Å². The van der Waals surface area contributed by atoms with Crippen molar-refractivity contribution < 1.29 is 0 Å². The minimum Gasteiger partial charge on any atom is -0.294 e. The average Bonchev–Trinajstić information content (AvgIpc) is 2.58. The van der Waals surface area contributed by atoms with E-state index in [9.17, 15) is 4.79 Å². The van der Waals surface area contributed by atoms with Crippen molar-refractivity contribution in [3.63, 3.8) is 0 Å². The number of aromatic amines is 1. The summed E-state index contributed by atoms with van der Waals surface area (Å²) in [6.45, 7) is 4.26. The molecular weight excluding hydrogens is 300 g/mol. The smallest absolute Gasteiger partial charge is 0.256 e. The predicted molar refractivity (Wildman–Crippen MR) is 96.0 cm³/mol. The van der Waals surface area contributed by atoms with E-state index in [1.165, 1.54) is 36.0 Å². The maximum Gasteiger partial charge on any atom is 0.256 e. The number of nitrogens with one attached hydrogen (secondary N) is 2. The highest BCUT2D eigenvalue weighted by atomic mass is 16.1. The number of rotatable bonds is 1. The Hall–Kier alpha value is -2.14. The SMILES string of the molecule is Cc1ccc(C)c2c1CC1(CCCCC1)c1c-2nc(NN)[nH]c1=O. The highest BCUT2D eigenvalue weighted by Gasteiger charge is 2.43. The van der Waals surface area contributed by atoms with Crippen molar-refractivity contribution in [2.24, 2.45) is 5.84 Å². The van der Waals surface area contributed by atoms with Gasteiger partial charge in [-0.1, -0.05) is 31.4 Å². The number of benzene rings is 1. The Balaban J connectivity index is 2.08. The summed E-state index contributed by atoms with van der Waals surface area (Å²) in [4.78, 5) is 20.4. The Morgan fingerprint density at radius 1 is 1.17 bits per heavy atom. The van der Waals surface area contributed by atoms with Crippen molar-refractivity contribution in [2.75, 3.05) is 5.43 Å². The lowest BCUT2D eigenvalue weighted by atomic mass is 9.61. The number of fused-ring (bicyclic) bond motifs is 4. The van der Waals surface area contributed by atoms with Crippen LogP contribution in [-0.4, -0.2) is 9.97 Å². The Bertz CT molecular complexity index is 862. The van der Waals surface area contributed by atoms with E-state index >= 15 is 0 Å². The van der Waals surface area contributed by atoms with Crippen molar-refractivity contribution in [1.82, 2.24) is 9.97 Å². The largest absolute Gasteiger partial charge is 0.294 e. The predicted octanol–water partition coefficient (Wildman–Crippen LogP) is 3.10. The fourth-order valence-corrected chi connectivity index (χ4v) is 4.72. The van der Waals surface area contributed by atoms with Crippen molar-refractivity contribution in [3.8, 4) is 11.3 Å². The second kappa shape index (κ2) is 5.45. The van der Waals surface area contributed by atoms with Crippen LogP contribution in [0.2, 0.25) is 0 Å². The molecule has 4 rings (SSSR count). The molecule has 0 atom stereocenters. The Labute approximate surface area is 141 Å². The van der Waals surface area contributed by atoms with Gasteiger partial charge in [-0.2, -0.15) is 0 Å². The van der Waals surface area contributed by atoms with Crippen molar-refractivity contribution in [1.29, 1.82) is 0 Å². The lowest BCUT2D eigenvalue weighted by molar-refractivity contribution is 0.284. The van der Waals surface area contributed by atoms with Gasteiger partial charge in [0.15, 0.2) is 0 Å². The molecule has 1 saturated carbocycles. The number of hydrazine groups is 1. The number of nitrogen functional groups attached to an aromatic ring is 1. The van der Waals surface area contributed by atoms with Gasteiger partial charge in [0, 0.05) is 11.0 Å². The molecule has 2 aromatic rings. The third kappa shape index (κ3) is 2.11. The van der Waals surface area contributed by atoms with Gasteiger partial charge in [-0.15, -0.1) is 0 Å². The Morgan fingerprint density at radius 2 is 1.88 bits per heavy atom. The molecule has 1 aromatic carbocycles. The monoisotopic (exact) mass is 324 g/mol. The molecule has 2 aliphatic rings. The zero-order valence-electron chi connectivity index (χ0n) is 14.3. The van der Waals surface area contributed by atoms with Gasteiger partial charge in [0.1, 0.15) is 0 Å². The topological polar surface area (TPSA) is 83.8 Å². The van der Waals surface area contributed by atoms with Gasteiger partial charge < -0.3 is 0 Å². The summed E-state index contributed by atoms with van der Waals surface area (Å²) in [5.41, 5.74) is 9.04. The van der Waals surface area contributed by atoms with Crippen LogP contribution in [0.1, 0.15) is 54.4 Å². The van der Waals surface area contributed by atoms with Crippen LogP contribution in [0.5, 0.6) is 0 Å². The van der Waals surface area contributed by atoms with E-state index in [1.54, 1.807) is 0 Å². The van der Waals surface area contributed by atoms with Gasteiger partial charge in [-0.05, 0) is 49.8 Å². The van der Waals surface area contributed by atoms with Gasteiger partial charge in [-0.25, -0.2) is 10.8 Å². The van der Waals surface area contributed by atoms with Gasteiger partial charge in [-0.3, -0.25) is 15.2 Å². The number of aromatic nitrogens is 2. The third-order valence-corrected chi connectivity index (χ3v) is 5.90. The molecule has 0 radical (unpaired) electrons. The fourth-order valence-electron chi connectivity index (χ4n) is 4.72. The van der Waals surface area contributed by atoms with E-state index in [1.807, 2.05) is 0 Å². The molecule has 1 fully saturated rings. The summed E-state index contributed by atoms with van der Waals surface area (Å²) in [7, 11) is 0. The number of H-pyrrole nitrogens is 1. The van der Waals surface area contributed by atoms with E-state index in [4.69, 9.17) is 10.8 Å². The van der Waals surface area contributed by atoms with Gasteiger partial charge in [0.25, 0.3) is 5.56 Å². The van der Waals surface area contributed by atoms with Crippen LogP contribution < -0.4 is 16.8 Å². The molecule has 2 aliphatic carbocycles. The third-order valence-electron chi connectivity index (χ3n) is 5.90. The molecule has 5 heteroatoms. The van der Waals surface area contributed by atoms with Crippen LogP contribution in [0.15, 0.2) is 16.9 Å². The zero-order chi connectivity index (χ0) is 16.9. The Morgan fingerprint density at radius 3 is 2.58 bits per heavy atom. The van der Waals surface area contributed by atoms with Gasteiger partial charge >= 0.3 is 0 Å². The standard InChI is InChI=1S/C19H24N4O/c1-11-6-7-12(2)14-13(11)10-19(8-4-3-5-9-19)15-16(14)21-18(23-20)22-17(15)24/h6-7H,3-5,8-10,20H2,1-2H3,(H2,21,22,23,24). The first-order chi connectivity index (χ1) is 11.6. The van der Waals surface area contributed by atoms with E-state index in [0.717, 1.165) is 36.1 Å². The molecule has 4 N–H and O–H groups in total. The van der Waals surface area contributed by atoms with E-state index in [0.29, 0.717) is 5.95 Å². The molecule has 1 aromatic heterocycles. The molecule has 1 heterocycles. The summed E-state index contributed by atoms with van der Waals surface area (Å²) in [5.74, 6) is 5.86. The van der Waals surface area contributed by atoms with E-state index < -0.39 is 0 Å². The Kier molecular flexibility index (Phi) is 3.49. The van der Waals surface area contributed by atoms with Crippen LogP contribution in [0.4, 0.5) is 5.95 Å². The molecule has 0 aliphatic heterocycles. The first-order valence-corrected chi connectivity index (χ1v) is 8.76.